The molecule has 3 rings (SSSR count). The predicted molar refractivity (Wildman–Crippen MR) is 106 cm³/mol. The first-order valence-electron chi connectivity index (χ1n) is 9.07. The maximum atomic E-state index is 12.3. The van der Waals surface area contributed by atoms with Gasteiger partial charge in [-0.2, -0.15) is 0 Å². The molecule has 0 unspecified atom stereocenters. The topological polar surface area (TPSA) is 64.0 Å². The van der Waals surface area contributed by atoms with E-state index in [0.29, 0.717) is 5.69 Å². The summed E-state index contributed by atoms with van der Waals surface area (Å²) >= 11 is 0. The van der Waals surface area contributed by atoms with E-state index in [1.54, 1.807) is 6.20 Å². The van der Waals surface area contributed by atoms with Gasteiger partial charge < -0.3 is 9.88 Å². The normalized spacial score (nSPS) is 11.7. The minimum atomic E-state index is -0.290. The van der Waals surface area contributed by atoms with E-state index in [9.17, 15) is 9.59 Å². The summed E-state index contributed by atoms with van der Waals surface area (Å²) in [5.74, 6) is -0.178. The van der Waals surface area contributed by atoms with Gasteiger partial charge in [0.15, 0.2) is 0 Å². The number of rotatable bonds is 7. The van der Waals surface area contributed by atoms with E-state index < -0.39 is 0 Å². The lowest BCUT2D eigenvalue weighted by molar-refractivity contribution is -0.122. The standard InChI is InChI=1S/C22H23N3O2/c1-17(12-13-18-8-4-2-5-9-18)24-21(26)16-25-15-20(23-14-22(25)27)19-10-6-3-7-11-19/h2-11,14-15,17H,12-13,16H2,1H3,(H,24,26)/t17-/m0/s1. The number of aromatic nitrogens is 2. The van der Waals surface area contributed by atoms with Gasteiger partial charge in [0.1, 0.15) is 6.54 Å². The molecule has 2 aromatic carbocycles. The molecule has 0 spiro atoms. The lowest BCUT2D eigenvalue weighted by Crippen LogP contribution is -2.37. The molecule has 138 valence electrons. The van der Waals surface area contributed by atoms with Gasteiger partial charge in [-0.25, -0.2) is 4.98 Å². The summed E-state index contributed by atoms with van der Waals surface area (Å²) in [6, 6.07) is 19.8. The highest BCUT2D eigenvalue weighted by Gasteiger charge is 2.10. The second-order valence-electron chi connectivity index (χ2n) is 6.60. The van der Waals surface area contributed by atoms with Gasteiger partial charge in [0, 0.05) is 17.8 Å². The fourth-order valence-electron chi connectivity index (χ4n) is 2.90. The number of nitrogens with one attached hydrogen (secondary N) is 1. The van der Waals surface area contributed by atoms with Crippen LogP contribution in [-0.4, -0.2) is 21.5 Å². The second kappa shape index (κ2) is 8.94. The summed E-state index contributed by atoms with van der Waals surface area (Å²) in [6.07, 6.45) is 4.63. The molecule has 5 heteroatoms. The summed E-state index contributed by atoms with van der Waals surface area (Å²) in [7, 11) is 0. The van der Waals surface area contributed by atoms with Gasteiger partial charge in [0.25, 0.3) is 5.56 Å². The van der Waals surface area contributed by atoms with Crippen LogP contribution in [0.15, 0.2) is 77.9 Å². The van der Waals surface area contributed by atoms with Crippen molar-refractivity contribution in [3.05, 3.63) is 89.0 Å². The molecule has 3 aromatic rings. The fraction of sp³-hybridized carbons (Fsp3) is 0.227. The van der Waals surface area contributed by atoms with Crippen LogP contribution in [0.2, 0.25) is 0 Å². The molecule has 1 N–H and O–H groups in total. The average Bonchev–Trinajstić information content (AvgIpc) is 2.69. The molecule has 27 heavy (non-hydrogen) atoms. The monoisotopic (exact) mass is 361 g/mol. The van der Waals surface area contributed by atoms with Crippen LogP contribution < -0.4 is 10.9 Å². The van der Waals surface area contributed by atoms with E-state index in [1.807, 2.05) is 55.5 Å². The van der Waals surface area contributed by atoms with Crippen LogP contribution >= 0.6 is 0 Å². The fourth-order valence-corrected chi connectivity index (χ4v) is 2.90. The van der Waals surface area contributed by atoms with Crippen molar-refractivity contribution >= 4 is 5.91 Å². The van der Waals surface area contributed by atoms with E-state index >= 15 is 0 Å². The molecule has 5 nitrogen and oxygen atoms in total. The summed E-state index contributed by atoms with van der Waals surface area (Å²) in [5, 5.41) is 2.97. The Morgan fingerprint density at radius 3 is 2.44 bits per heavy atom. The maximum absolute atomic E-state index is 12.3. The first-order valence-corrected chi connectivity index (χ1v) is 9.07. The molecule has 0 aliphatic rings. The lowest BCUT2D eigenvalue weighted by Gasteiger charge is -2.15. The smallest absolute Gasteiger partial charge is 0.269 e. The number of carbonyl (C=O) groups excluding carboxylic acids is 1. The van der Waals surface area contributed by atoms with Crippen molar-refractivity contribution in [3.63, 3.8) is 0 Å². The highest BCUT2D eigenvalue weighted by molar-refractivity contribution is 5.76. The van der Waals surface area contributed by atoms with Gasteiger partial charge in [-0.15, -0.1) is 0 Å². The number of carbonyl (C=O) groups is 1. The quantitative estimate of drug-likeness (QED) is 0.703. The summed E-state index contributed by atoms with van der Waals surface area (Å²) < 4.78 is 1.40. The molecular formula is C22H23N3O2. The summed E-state index contributed by atoms with van der Waals surface area (Å²) in [5.41, 5.74) is 2.53. The molecule has 0 aliphatic heterocycles. The van der Waals surface area contributed by atoms with Gasteiger partial charge >= 0.3 is 0 Å². The molecule has 0 bridgehead atoms. The highest BCUT2D eigenvalue weighted by atomic mass is 16.2. The zero-order chi connectivity index (χ0) is 19.1. The molecule has 1 aromatic heterocycles. The molecular weight excluding hydrogens is 338 g/mol. The zero-order valence-electron chi connectivity index (χ0n) is 15.3. The first-order chi connectivity index (χ1) is 13.1. The van der Waals surface area contributed by atoms with Crippen molar-refractivity contribution in [2.75, 3.05) is 0 Å². The van der Waals surface area contributed by atoms with Gasteiger partial charge in [-0.05, 0) is 25.3 Å². The summed E-state index contributed by atoms with van der Waals surface area (Å²) in [6.45, 7) is 1.96. The molecule has 0 radical (unpaired) electrons. The Morgan fingerprint density at radius 2 is 1.74 bits per heavy atom. The van der Waals surface area contributed by atoms with Crippen LogP contribution in [0.4, 0.5) is 0 Å². The number of hydrogen-bond donors (Lipinski definition) is 1. The number of amides is 1. The molecule has 0 aliphatic carbocycles. The lowest BCUT2D eigenvalue weighted by atomic mass is 10.1. The van der Waals surface area contributed by atoms with Crippen molar-refractivity contribution < 1.29 is 4.79 Å². The largest absolute Gasteiger partial charge is 0.352 e. The summed E-state index contributed by atoms with van der Waals surface area (Å²) in [4.78, 5) is 28.6. The van der Waals surface area contributed by atoms with Crippen LogP contribution in [0.3, 0.4) is 0 Å². The van der Waals surface area contributed by atoms with E-state index in [-0.39, 0.29) is 24.1 Å². The molecule has 0 fully saturated rings. The first kappa shape index (κ1) is 18.6. The number of benzene rings is 2. The van der Waals surface area contributed by atoms with Gasteiger partial charge in [0.2, 0.25) is 5.91 Å². The van der Waals surface area contributed by atoms with E-state index in [0.717, 1.165) is 18.4 Å². The van der Waals surface area contributed by atoms with Crippen molar-refractivity contribution in [2.45, 2.75) is 32.4 Å². The van der Waals surface area contributed by atoms with Crippen LogP contribution in [-0.2, 0) is 17.8 Å². The Hall–Kier alpha value is -3.21. The zero-order valence-corrected chi connectivity index (χ0v) is 15.3. The van der Waals surface area contributed by atoms with Crippen LogP contribution in [0.5, 0.6) is 0 Å². The van der Waals surface area contributed by atoms with Gasteiger partial charge in [0.05, 0.1) is 11.9 Å². The Kier molecular flexibility index (Phi) is 6.15. The Bertz CT molecular complexity index is 937. The Morgan fingerprint density at radius 1 is 1.07 bits per heavy atom. The third kappa shape index (κ3) is 5.38. The predicted octanol–water partition coefficient (Wildman–Crippen LogP) is 3.05. The number of nitrogens with zero attached hydrogens (tertiary/aromatic N) is 2. The molecule has 1 amide bonds. The second-order valence-corrected chi connectivity index (χ2v) is 6.60. The van der Waals surface area contributed by atoms with Crippen LogP contribution in [0, 0.1) is 0 Å². The van der Waals surface area contributed by atoms with Gasteiger partial charge in [-0.1, -0.05) is 60.7 Å². The van der Waals surface area contributed by atoms with E-state index in [4.69, 9.17) is 0 Å². The molecule has 0 saturated carbocycles. The Labute approximate surface area is 158 Å². The maximum Gasteiger partial charge on any atom is 0.269 e. The highest BCUT2D eigenvalue weighted by Crippen LogP contribution is 2.14. The third-order valence-electron chi connectivity index (χ3n) is 4.38. The minimum absolute atomic E-state index is 0.0170. The molecule has 1 heterocycles. The molecule has 1 atom stereocenters. The van der Waals surface area contributed by atoms with Crippen molar-refractivity contribution in [1.82, 2.24) is 14.9 Å². The van der Waals surface area contributed by atoms with E-state index in [1.165, 1.54) is 16.3 Å². The SMILES string of the molecule is C[C@@H](CCc1ccccc1)NC(=O)Cn1cc(-c2ccccc2)ncc1=O. The number of hydrogen-bond acceptors (Lipinski definition) is 3. The Balaban J connectivity index is 1.59. The number of aryl methyl sites for hydroxylation is 1. The van der Waals surface area contributed by atoms with Crippen LogP contribution in [0.1, 0.15) is 18.9 Å². The van der Waals surface area contributed by atoms with Crippen molar-refractivity contribution in [1.29, 1.82) is 0 Å². The van der Waals surface area contributed by atoms with Crippen molar-refractivity contribution in [2.24, 2.45) is 0 Å². The average molecular weight is 361 g/mol. The van der Waals surface area contributed by atoms with E-state index in [2.05, 4.69) is 22.4 Å². The molecule has 0 saturated heterocycles. The van der Waals surface area contributed by atoms with Crippen molar-refractivity contribution in [3.8, 4) is 11.3 Å². The van der Waals surface area contributed by atoms with Crippen LogP contribution in [0.25, 0.3) is 11.3 Å². The third-order valence-corrected chi connectivity index (χ3v) is 4.38. The van der Waals surface area contributed by atoms with Gasteiger partial charge in [-0.3, -0.25) is 9.59 Å². The minimum Gasteiger partial charge on any atom is -0.352 e.